The summed E-state index contributed by atoms with van der Waals surface area (Å²) in [7, 11) is 0. The van der Waals surface area contributed by atoms with Gasteiger partial charge >= 0.3 is 0 Å². The minimum absolute atomic E-state index is 0.796. The van der Waals surface area contributed by atoms with Gasteiger partial charge in [-0.25, -0.2) is 0 Å². The maximum absolute atomic E-state index is 3.55. The summed E-state index contributed by atoms with van der Waals surface area (Å²) in [5.74, 6) is 2.50. The Morgan fingerprint density at radius 1 is 0.938 bits per heavy atom. The van der Waals surface area contributed by atoms with Crippen LogP contribution in [0.5, 0.6) is 0 Å². The van der Waals surface area contributed by atoms with Gasteiger partial charge in [0, 0.05) is 18.6 Å². The van der Waals surface area contributed by atoms with E-state index in [4.69, 9.17) is 0 Å². The molecule has 0 aliphatic carbocycles. The maximum Gasteiger partial charge on any atom is 0.0174 e. The summed E-state index contributed by atoms with van der Waals surface area (Å²) in [6.07, 6.45) is 2.82. The molecule has 16 heavy (non-hydrogen) atoms. The molecule has 1 N–H and O–H groups in total. The van der Waals surface area contributed by atoms with Crippen LogP contribution >= 0.6 is 0 Å². The van der Waals surface area contributed by atoms with E-state index in [1.54, 1.807) is 0 Å². The molecule has 2 aliphatic heterocycles. The zero-order chi connectivity index (χ0) is 11.7. The molecule has 2 heteroatoms. The summed E-state index contributed by atoms with van der Waals surface area (Å²) >= 11 is 0. The molecule has 0 amide bonds. The predicted molar refractivity (Wildman–Crippen MR) is 69.6 cm³/mol. The molecule has 0 aromatic heterocycles. The molecule has 0 aromatic rings. The summed E-state index contributed by atoms with van der Waals surface area (Å²) in [6.45, 7) is 13.4. The highest BCUT2D eigenvalue weighted by molar-refractivity contribution is 4.92. The lowest BCUT2D eigenvalue weighted by molar-refractivity contribution is 0.0108. The van der Waals surface area contributed by atoms with Gasteiger partial charge in [-0.15, -0.1) is 0 Å². The fraction of sp³-hybridized carbons (Fsp3) is 1.00. The van der Waals surface area contributed by atoms with Crippen molar-refractivity contribution in [2.24, 2.45) is 17.8 Å². The molecule has 0 spiro atoms. The largest absolute Gasteiger partial charge is 0.316 e. The summed E-state index contributed by atoms with van der Waals surface area (Å²) < 4.78 is 0. The van der Waals surface area contributed by atoms with Gasteiger partial charge in [-0.05, 0) is 50.6 Å². The third kappa shape index (κ3) is 2.43. The first-order chi connectivity index (χ1) is 7.59. The Balaban J connectivity index is 2.07. The number of hydrogen-bond donors (Lipinski definition) is 1. The normalized spacial score (nSPS) is 46.9. The first-order valence-corrected chi connectivity index (χ1v) is 7.06. The number of hydrogen-bond acceptors (Lipinski definition) is 2. The van der Waals surface area contributed by atoms with E-state index in [0.717, 1.165) is 29.8 Å². The summed E-state index contributed by atoms with van der Waals surface area (Å²) in [6, 6.07) is 1.60. The highest BCUT2D eigenvalue weighted by atomic mass is 15.2. The fourth-order valence-corrected chi connectivity index (χ4v) is 3.73. The smallest absolute Gasteiger partial charge is 0.0174 e. The molecule has 2 nitrogen and oxygen atoms in total. The van der Waals surface area contributed by atoms with Gasteiger partial charge in [0.15, 0.2) is 0 Å². The van der Waals surface area contributed by atoms with E-state index in [2.05, 4.69) is 37.9 Å². The van der Waals surface area contributed by atoms with Crippen molar-refractivity contribution in [3.05, 3.63) is 0 Å². The van der Waals surface area contributed by atoms with Crippen molar-refractivity contribution < 1.29 is 0 Å². The second-order valence-corrected chi connectivity index (χ2v) is 6.33. The second-order valence-electron chi connectivity index (χ2n) is 6.33. The van der Waals surface area contributed by atoms with E-state index in [9.17, 15) is 0 Å². The minimum atomic E-state index is 0.796. The van der Waals surface area contributed by atoms with Crippen LogP contribution in [0.2, 0.25) is 0 Å². The van der Waals surface area contributed by atoms with E-state index in [0.29, 0.717) is 0 Å². The fourth-order valence-electron chi connectivity index (χ4n) is 3.73. The second kappa shape index (κ2) is 5.05. The van der Waals surface area contributed by atoms with Crippen molar-refractivity contribution in [3.8, 4) is 0 Å². The molecule has 2 saturated heterocycles. The SMILES string of the molecule is CC1CCC(C)N(C2C(C)CNCC2C)C1. The van der Waals surface area contributed by atoms with Crippen molar-refractivity contribution in [3.63, 3.8) is 0 Å². The lowest BCUT2D eigenvalue weighted by atomic mass is 9.82. The number of nitrogens with zero attached hydrogens (tertiary/aromatic N) is 1. The maximum atomic E-state index is 3.55. The first kappa shape index (κ1) is 12.4. The van der Waals surface area contributed by atoms with Crippen molar-refractivity contribution in [1.29, 1.82) is 0 Å². The molecule has 0 saturated carbocycles. The van der Waals surface area contributed by atoms with Crippen LogP contribution in [0, 0.1) is 17.8 Å². The van der Waals surface area contributed by atoms with Gasteiger partial charge in [0.25, 0.3) is 0 Å². The van der Waals surface area contributed by atoms with Crippen LogP contribution in [-0.2, 0) is 0 Å². The van der Waals surface area contributed by atoms with Gasteiger partial charge in [-0.1, -0.05) is 20.8 Å². The van der Waals surface area contributed by atoms with Crippen LogP contribution in [0.4, 0.5) is 0 Å². The lowest BCUT2D eigenvalue weighted by Crippen LogP contribution is -2.58. The van der Waals surface area contributed by atoms with Crippen molar-refractivity contribution in [2.75, 3.05) is 19.6 Å². The van der Waals surface area contributed by atoms with Crippen molar-refractivity contribution in [2.45, 2.75) is 52.6 Å². The average Bonchev–Trinajstić information content (AvgIpc) is 2.23. The molecule has 2 heterocycles. The quantitative estimate of drug-likeness (QED) is 0.735. The van der Waals surface area contributed by atoms with Gasteiger partial charge < -0.3 is 5.32 Å². The molecule has 4 atom stereocenters. The van der Waals surface area contributed by atoms with Crippen LogP contribution in [-0.4, -0.2) is 36.6 Å². The zero-order valence-corrected chi connectivity index (χ0v) is 11.4. The van der Waals surface area contributed by atoms with E-state index in [1.807, 2.05) is 0 Å². The molecule has 94 valence electrons. The Labute approximate surface area is 101 Å². The van der Waals surface area contributed by atoms with E-state index >= 15 is 0 Å². The third-order valence-corrected chi connectivity index (χ3v) is 4.65. The van der Waals surface area contributed by atoms with Crippen LogP contribution in [0.15, 0.2) is 0 Å². The lowest BCUT2D eigenvalue weighted by Gasteiger charge is -2.49. The minimum Gasteiger partial charge on any atom is -0.316 e. The molecule has 0 bridgehead atoms. The van der Waals surface area contributed by atoms with E-state index in [-0.39, 0.29) is 0 Å². The Morgan fingerprint density at radius 2 is 1.56 bits per heavy atom. The van der Waals surface area contributed by atoms with E-state index < -0.39 is 0 Å². The summed E-state index contributed by atoms with van der Waals surface area (Å²) in [5, 5.41) is 3.55. The van der Waals surface area contributed by atoms with Crippen molar-refractivity contribution >= 4 is 0 Å². The van der Waals surface area contributed by atoms with Gasteiger partial charge in [0.05, 0.1) is 0 Å². The van der Waals surface area contributed by atoms with Gasteiger partial charge in [0.2, 0.25) is 0 Å². The molecule has 0 radical (unpaired) electrons. The van der Waals surface area contributed by atoms with E-state index in [1.165, 1.54) is 32.5 Å². The molecule has 4 unspecified atom stereocenters. The monoisotopic (exact) mass is 224 g/mol. The summed E-state index contributed by atoms with van der Waals surface area (Å²) in [5.41, 5.74) is 0. The van der Waals surface area contributed by atoms with Crippen LogP contribution in [0.25, 0.3) is 0 Å². The van der Waals surface area contributed by atoms with Gasteiger partial charge in [-0.3, -0.25) is 4.90 Å². The number of likely N-dealkylation sites (tertiary alicyclic amines) is 1. The molecule has 2 rings (SSSR count). The molecule has 0 aromatic carbocycles. The standard InChI is InChI=1S/C14H28N2/c1-10-5-6-13(4)16(9-10)14-11(2)7-15-8-12(14)3/h10-15H,5-9H2,1-4H3. The Hall–Kier alpha value is -0.0800. The molecule has 2 aliphatic rings. The molecule has 2 fully saturated rings. The zero-order valence-electron chi connectivity index (χ0n) is 11.4. The van der Waals surface area contributed by atoms with Gasteiger partial charge in [0.1, 0.15) is 0 Å². The van der Waals surface area contributed by atoms with Crippen LogP contribution < -0.4 is 5.32 Å². The molecular formula is C14H28N2. The highest BCUT2D eigenvalue weighted by Gasteiger charge is 2.36. The van der Waals surface area contributed by atoms with Gasteiger partial charge in [-0.2, -0.15) is 0 Å². The highest BCUT2D eigenvalue weighted by Crippen LogP contribution is 2.30. The third-order valence-electron chi connectivity index (χ3n) is 4.65. The van der Waals surface area contributed by atoms with Crippen LogP contribution in [0.1, 0.15) is 40.5 Å². The number of piperidine rings is 2. The van der Waals surface area contributed by atoms with Crippen molar-refractivity contribution in [1.82, 2.24) is 10.2 Å². The number of nitrogens with one attached hydrogen (secondary N) is 1. The summed E-state index contributed by atoms with van der Waals surface area (Å²) in [4.78, 5) is 2.81. The average molecular weight is 224 g/mol. The predicted octanol–water partition coefficient (Wildman–Crippen LogP) is 2.35. The Morgan fingerprint density at radius 3 is 2.19 bits per heavy atom. The molecular weight excluding hydrogens is 196 g/mol. The Kier molecular flexibility index (Phi) is 3.91. The first-order valence-electron chi connectivity index (χ1n) is 7.06. The van der Waals surface area contributed by atoms with Crippen LogP contribution in [0.3, 0.4) is 0 Å². The topological polar surface area (TPSA) is 15.3 Å². The Bertz CT molecular complexity index is 219. The number of rotatable bonds is 1.